The van der Waals surface area contributed by atoms with Gasteiger partial charge in [-0.15, -0.1) is 5.92 Å². The zero-order chi connectivity index (χ0) is 12.3. The lowest BCUT2D eigenvalue weighted by Crippen LogP contribution is -2.60. The van der Waals surface area contributed by atoms with E-state index in [-0.39, 0.29) is 24.2 Å². The zero-order valence-corrected chi connectivity index (χ0v) is 11.3. The van der Waals surface area contributed by atoms with E-state index in [0.717, 1.165) is 6.61 Å². The average molecular weight is 259 g/mol. The van der Waals surface area contributed by atoms with Crippen LogP contribution < -0.4 is 0 Å². The molecule has 0 saturated carbocycles. The average Bonchev–Trinajstić information content (AvgIpc) is 3.08. The van der Waals surface area contributed by atoms with Crippen LogP contribution in [0.4, 0.5) is 0 Å². The highest BCUT2D eigenvalue weighted by Crippen LogP contribution is 2.57. The summed E-state index contributed by atoms with van der Waals surface area (Å²) in [6.45, 7) is 9.60. The van der Waals surface area contributed by atoms with Crippen molar-refractivity contribution in [2.24, 2.45) is 5.92 Å². The second kappa shape index (κ2) is 3.84. The Morgan fingerprint density at radius 2 is 2.18 bits per heavy atom. The predicted octanol–water partition coefficient (Wildman–Crippen LogP) is 1.45. The summed E-state index contributed by atoms with van der Waals surface area (Å²) in [4.78, 5) is 0. The van der Waals surface area contributed by atoms with E-state index in [9.17, 15) is 0 Å². The van der Waals surface area contributed by atoms with E-state index in [4.69, 9.17) is 18.4 Å². The Labute approximate surface area is 107 Å². The monoisotopic (exact) mass is 259 g/mol. The number of epoxide rings is 1. The van der Waals surface area contributed by atoms with Crippen LogP contribution in [0.5, 0.6) is 0 Å². The molecule has 17 heavy (non-hydrogen) atoms. The summed E-state index contributed by atoms with van der Waals surface area (Å²) >= 11 is 1.35. The molecule has 6 atom stereocenters. The minimum absolute atomic E-state index is 0.0506. The highest BCUT2D eigenvalue weighted by molar-refractivity contribution is 7.93. The third-order valence-electron chi connectivity index (χ3n) is 4.41. The number of rotatable bonds is 4. The van der Waals surface area contributed by atoms with Crippen LogP contribution in [0.3, 0.4) is 0 Å². The van der Waals surface area contributed by atoms with Crippen molar-refractivity contribution < 1.29 is 18.4 Å². The first-order valence-electron chi connectivity index (χ1n) is 6.01. The Bertz CT molecular complexity index is 322. The molecule has 0 radical (unpaired) electrons. The van der Waals surface area contributed by atoms with Crippen molar-refractivity contribution >= 4 is 12.0 Å². The van der Waals surface area contributed by atoms with Crippen molar-refractivity contribution in [3.05, 3.63) is 6.92 Å². The summed E-state index contributed by atoms with van der Waals surface area (Å²) in [5.74, 6) is 0.0962. The van der Waals surface area contributed by atoms with Crippen molar-refractivity contribution in [1.29, 1.82) is 0 Å². The molecule has 0 amide bonds. The molecule has 3 rings (SSSR count). The van der Waals surface area contributed by atoms with Gasteiger partial charge in [0.1, 0.15) is 17.3 Å². The number of fused-ring (bicyclic) bond motifs is 2. The molecule has 3 aliphatic rings. The Morgan fingerprint density at radius 1 is 1.47 bits per heavy atom. The van der Waals surface area contributed by atoms with Crippen molar-refractivity contribution in [3.8, 4) is 0 Å². The van der Waals surface area contributed by atoms with E-state index in [1.807, 2.05) is 13.2 Å². The molecule has 0 aromatic carbocycles. The molecular weight excluding hydrogens is 240 g/mol. The lowest BCUT2D eigenvalue weighted by atomic mass is 9.76. The fourth-order valence-corrected chi connectivity index (χ4v) is 3.56. The second-order valence-electron chi connectivity index (χ2n) is 5.26. The molecule has 3 heterocycles. The van der Waals surface area contributed by atoms with Gasteiger partial charge in [-0.3, -0.25) is 0 Å². The maximum absolute atomic E-state index is 6.19. The Morgan fingerprint density at radius 3 is 2.71 bits per heavy atom. The topological polar surface area (TPSA) is 40.2 Å². The van der Waals surface area contributed by atoms with Crippen LogP contribution >= 0.6 is 12.0 Å². The minimum Gasteiger partial charge on any atom is -0.370 e. The quantitative estimate of drug-likeness (QED) is 0.434. The van der Waals surface area contributed by atoms with Gasteiger partial charge in [-0.2, -0.15) is 0 Å². The highest BCUT2D eigenvalue weighted by atomic mass is 32.2. The van der Waals surface area contributed by atoms with Gasteiger partial charge in [-0.1, -0.05) is 0 Å². The number of ether oxygens (including phenoxy) is 3. The first-order valence-corrected chi connectivity index (χ1v) is 7.16. The molecule has 0 aromatic heterocycles. The molecule has 98 valence electrons. The highest BCUT2D eigenvalue weighted by Gasteiger charge is 2.71. The Hall–Kier alpha value is 0.190. The van der Waals surface area contributed by atoms with Crippen LogP contribution in [0, 0.1) is 12.8 Å². The summed E-state index contributed by atoms with van der Waals surface area (Å²) < 4.78 is 23.4. The third-order valence-corrected chi connectivity index (χ3v) is 4.77. The molecule has 0 N–H and O–H groups in total. The van der Waals surface area contributed by atoms with Crippen molar-refractivity contribution in [3.63, 3.8) is 0 Å². The summed E-state index contributed by atoms with van der Waals surface area (Å²) in [7, 11) is 0. The molecular formula is C12H19O4S-. The van der Waals surface area contributed by atoms with Crippen LogP contribution in [0.2, 0.25) is 0 Å². The predicted molar refractivity (Wildman–Crippen MR) is 64.6 cm³/mol. The van der Waals surface area contributed by atoms with E-state index < -0.39 is 11.2 Å². The third kappa shape index (κ3) is 1.46. The van der Waals surface area contributed by atoms with Gasteiger partial charge >= 0.3 is 0 Å². The van der Waals surface area contributed by atoms with Crippen molar-refractivity contribution in [2.45, 2.75) is 43.4 Å². The minimum atomic E-state index is -0.471. The molecule has 5 heteroatoms. The van der Waals surface area contributed by atoms with Crippen LogP contribution in [-0.4, -0.2) is 49.0 Å². The zero-order valence-electron chi connectivity index (χ0n) is 10.5. The molecule has 6 unspecified atom stereocenters. The summed E-state index contributed by atoms with van der Waals surface area (Å²) in [6, 6.07) is 0. The first-order chi connectivity index (χ1) is 8.05. The molecule has 4 nitrogen and oxygen atoms in total. The SMILES string of the molecule is [CH2-]C1C2OC(C)(C3CO3)C1(COSC)OC2C. The van der Waals surface area contributed by atoms with Gasteiger partial charge in [-0.05, 0) is 25.9 Å². The van der Waals surface area contributed by atoms with E-state index in [1.54, 1.807) is 0 Å². The maximum Gasteiger partial charge on any atom is 0.123 e. The van der Waals surface area contributed by atoms with Gasteiger partial charge < -0.3 is 25.3 Å². The molecule has 3 fully saturated rings. The molecule has 2 bridgehead atoms. The molecule has 0 aromatic rings. The smallest absolute Gasteiger partial charge is 0.123 e. The van der Waals surface area contributed by atoms with Gasteiger partial charge in [0, 0.05) is 6.26 Å². The summed E-state index contributed by atoms with van der Waals surface area (Å²) in [5.41, 5.74) is -0.895. The number of hydrogen-bond acceptors (Lipinski definition) is 5. The summed E-state index contributed by atoms with van der Waals surface area (Å²) in [6.07, 6.45) is 2.16. The van der Waals surface area contributed by atoms with E-state index in [2.05, 4.69) is 13.8 Å². The standard InChI is InChI=1S/C12H19O4S/c1-7-10-8(2)15-12(7,6-14-17-4)11(3,16-10)9-5-13-9/h7-10H,1,5-6H2,2-4H3/q-1. The molecule has 3 saturated heterocycles. The van der Waals surface area contributed by atoms with Crippen molar-refractivity contribution in [1.82, 2.24) is 0 Å². The van der Waals surface area contributed by atoms with Gasteiger partial charge in [0.15, 0.2) is 0 Å². The van der Waals surface area contributed by atoms with Crippen LogP contribution in [0.25, 0.3) is 0 Å². The van der Waals surface area contributed by atoms with Gasteiger partial charge in [0.25, 0.3) is 0 Å². The molecule has 0 aliphatic carbocycles. The fraction of sp³-hybridized carbons (Fsp3) is 0.917. The molecule has 3 aliphatic heterocycles. The second-order valence-corrected chi connectivity index (χ2v) is 5.83. The first kappa shape index (κ1) is 12.2. The Balaban J connectivity index is 1.92. The largest absolute Gasteiger partial charge is 0.370 e. The van der Waals surface area contributed by atoms with Crippen LogP contribution in [0.15, 0.2) is 0 Å². The van der Waals surface area contributed by atoms with Crippen LogP contribution in [-0.2, 0) is 18.4 Å². The van der Waals surface area contributed by atoms with Crippen LogP contribution in [0.1, 0.15) is 13.8 Å². The lowest BCUT2D eigenvalue weighted by molar-refractivity contribution is -0.242. The number of hydrogen-bond donors (Lipinski definition) is 0. The van der Waals surface area contributed by atoms with E-state index >= 15 is 0 Å². The van der Waals surface area contributed by atoms with E-state index in [1.165, 1.54) is 12.0 Å². The Kier molecular flexibility index (Phi) is 2.76. The van der Waals surface area contributed by atoms with Gasteiger partial charge in [0.05, 0.1) is 25.4 Å². The molecule has 0 spiro atoms. The normalized spacial score (nSPS) is 56.5. The van der Waals surface area contributed by atoms with E-state index in [0.29, 0.717) is 6.61 Å². The van der Waals surface area contributed by atoms with Gasteiger partial charge in [0.2, 0.25) is 0 Å². The van der Waals surface area contributed by atoms with Gasteiger partial charge in [-0.25, -0.2) is 0 Å². The lowest BCUT2D eigenvalue weighted by Gasteiger charge is -2.45. The van der Waals surface area contributed by atoms with Crippen molar-refractivity contribution in [2.75, 3.05) is 19.5 Å². The maximum atomic E-state index is 6.19. The summed E-state index contributed by atoms with van der Waals surface area (Å²) in [5, 5.41) is 0. The fourth-order valence-electron chi connectivity index (χ4n) is 3.27.